The van der Waals surface area contributed by atoms with Gasteiger partial charge in [0, 0.05) is 6.54 Å². The SMILES string of the molecule is CCCCn1nc(C(F)(F)C(F)(F)F)c(C(F)(F)F)c1C#N. The maximum absolute atomic E-state index is 13.3. The van der Waals surface area contributed by atoms with E-state index in [0.717, 1.165) is 6.07 Å². The summed E-state index contributed by atoms with van der Waals surface area (Å²) in [6.07, 6.45) is -11.3. The van der Waals surface area contributed by atoms with Crippen LogP contribution in [0.4, 0.5) is 35.1 Å². The predicted molar refractivity (Wildman–Crippen MR) is 56.8 cm³/mol. The summed E-state index contributed by atoms with van der Waals surface area (Å²) >= 11 is 0. The van der Waals surface area contributed by atoms with Crippen LogP contribution in [0.2, 0.25) is 0 Å². The maximum atomic E-state index is 13.3. The molecule has 124 valence electrons. The molecule has 0 bridgehead atoms. The number of nitrogens with zero attached hydrogens (tertiary/aromatic N) is 3. The van der Waals surface area contributed by atoms with Crippen molar-refractivity contribution in [3.05, 3.63) is 17.0 Å². The van der Waals surface area contributed by atoms with Crippen molar-refractivity contribution < 1.29 is 35.1 Å². The highest BCUT2D eigenvalue weighted by Crippen LogP contribution is 2.48. The first-order valence-electron chi connectivity index (χ1n) is 5.91. The van der Waals surface area contributed by atoms with E-state index in [4.69, 9.17) is 5.26 Å². The number of aryl methyl sites for hydroxylation is 1. The van der Waals surface area contributed by atoms with Gasteiger partial charge in [-0.25, -0.2) is 0 Å². The van der Waals surface area contributed by atoms with E-state index in [2.05, 4.69) is 5.10 Å². The summed E-state index contributed by atoms with van der Waals surface area (Å²) in [4.78, 5) is 0. The van der Waals surface area contributed by atoms with Gasteiger partial charge in [-0.1, -0.05) is 13.3 Å². The Morgan fingerprint density at radius 3 is 2.00 bits per heavy atom. The van der Waals surface area contributed by atoms with Crippen LogP contribution >= 0.6 is 0 Å². The van der Waals surface area contributed by atoms with E-state index in [-0.39, 0.29) is 17.6 Å². The minimum Gasteiger partial charge on any atom is -0.254 e. The summed E-state index contributed by atoms with van der Waals surface area (Å²) in [7, 11) is 0. The van der Waals surface area contributed by atoms with Crippen molar-refractivity contribution in [1.29, 1.82) is 5.26 Å². The number of alkyl halides is 8. The van der Waals surface area contributed by atoms with Gasteiger partial charge in [-0.2, -0.15) is 45.5 Å². The Morgan fingerprint density at radius 2 is 1.64 bits per heavy atom. The summed E-state index contributed by atoms with van der Waals surface area (Å²) in [6, 6.07) is 1.00. The highest BCUT2D eigenvalue weighted by atomic mass is 19.4. The second kappa shape index (κ2) is 5.73. The Bertz CT molecular complexity index is 576. The standard InChI is InChI=1S/C11H9F8N3/c1-2-3-4-22-6(5-20)7(10(14,15)16)8(21-22)9(12,13)11(17,18)19/h2-4H2,1H3. The van der Waals surface area contributed by atoms with Gasteiger partial charge in [-0.15, -0.1) is 0 Å². The normalized spacial score (nSPS) is 13.3. The van der Waals surface area contributed by atoms with Gasteiger partial charge in [0.15, 0.2) is 11.4 Å². The molecule has 11 heteroatoms. The minimum absolute atomic E-state index is 0.157. The van der Waals surface area contributed by atoms with Gasteiger partial charge in [-0.05, 0) is 6.42 Å². The number of rotatable bonds is 4. The van der Waals surface area contributed by atoms with Crippen molar-refractivity contribution >= 4 is 0 Å². The fourth-order valence-electron chi connectivity index (χ4n) is 1.67. The van der Waals surface area contributed by atoms with Crippen LogP contribution in [0, 0.1) is 11.3 Å². The molecule has 0 aliphatic rings. The molecule has 1 aromatic heterocycles. The molecule has 0 fully saturated rings. The van der Waals surface area contributed by atoms with Gasteiger partial charge in [0.05, 0.1) is 0 Å². The Balaban J connectivity index is 3.64. The van der Waals surface area contributed by atoms with Crippen LogP contribution in [0.1, 0.15) is 36.7 Å². The van der Waals surface area contributed by atoms with Crippen molar-refractivity contribution in [1.82, 2.24) is 9.78 Å². The smallest absolute Gasteiger partial charge is 0.254 e. The lowest BCUT2D eigenvalue weighted by Crippen LogP contribution is -2.36. The summed E-state index contributed by atoms with van der Waals surface area (Å²) in [5, 5.41) is 11.4. The second-order valence-electron chi connectivity index (χ2n) is 4.33. The van der Waals surface area contributed by atoms with Crippen LogP contribution in [0.3, 0.4) is 0 Å². The lowest BCUT2D eigenvalue weighted by Gasteiger charge is -2.19. The maximum Gasteiger partial charge on any atom is 0.459 e. The number of nitriles is 1. The quantitative estimate of drug-likeness (QED) is 0.773. The van der Waals surface area contributed by atoms with Gasteiger partial charge < -0.3 is 0 Å². The Kier molecular flexibility index (Phi) is 4.74. The van der Waals surface area contributed by atoms with Crippen LogP contribution < -0.4 is 0 Å². The fraction of sp³-hybridized carbons (Fsp3) is 0.636. The summed E-state index contributed by atoms with van der Waals surface area (Å²) in [6.45, 7) is 1.24. The van der Waals surface area contributed by atoms with E-state index in [1.165, 1.54) is 0 Å². The number of unbranched alkanes of at least 4 members (excludes halogenated alkanes) is 1. The lowest BCUT2D eigenvalue weighted by atomic mass is 10.1. The van der Waals surface area contributed by atoms with Gasteiger partial charge in [0.1, 0.15) is 11.6 Å². The van der Waals surface area contributed by atoms with Gasteiger partial charge >= 0.3 is 18.3 Å². The monoisotopic (exact) mass is 335 g/mol. The zero-order chi connectivity index (χ0) is 17.3. The average Bonchev–Trinajstić information content (AvgIpc) is 2.73. The molecule has 0 unspecified atom stereocenters. The molecule has 0 aliphatic carbocycles. The molecule has 0 amide bonds. The highest BCUT2D eigenvalue weighted by molar-refractivity contribution is 5.40. The van der Waals surface area contributed by atoms with E-state index in [9.17, 15) is 35.1 Å². The van der Waals surface area contributed by atoms with Gasteiger partial charge in [0.25, 0.3) is 0 Å². The first-order chi connectivity index (χ1) is 9.87. The molecule has 1 rings (SSSR count). The fourth-order valence-corrected chi connectivity index (χ4v) is 1.67. The second-order valence-corrected chi connectivity index (χ2v) is 4.33. The summed E-state index contributed by atoms with van der Waals surface area (Å²) in [5.41, 5.74) is -6.21. The molecule has 0 atom stereocenters. The van der Waals surface area contributed by atoms with Crippen molar-refractivity contribution in [3.63, 3.8) is 0 Å². The molecule has 0 spiro atoms. The zero-order valence-electron chi connectivity index (χ0n) is 11.0. The van der Waals surface area contributed by atoms with E-state index in [1.54, 1.807) is 6.92 Å². The van der Waals surface area contributed by atoms with Crippen molar-refractivity contribution in [2.45, 2.75) is 44.6 Å². The molecule has 3 nitrogen and oxygen atoms in total. The molecule has 22 heavy (non-hydrogen) atoms. The molecule has 0 N–H and O–H groups in total. The first kappa shape index (κ1) is 18.2. The summed E-state index contributed by atoms with van der Waals surface area (Å²) < 4.78 is 102. The predicted octanol–water partition coefficient (Wildman–Crippen LogP) is 4.23. The molecular weight excluding hydrogens is 326 g/mol. The van der Waals surface area contributed by atoms with Crippen molar-refractivity contribution in [2.75, 3.05) is 0 Å². The number of halogens is 8. The molecule has 0 aliphatic heterocycles. The number of aromatic nitrogens is 2. The van der Waals surface area contributed by atoms with Crippen LogP contribution in [0.5, 0.6) is 0 Å². The van der Waals surface area contributed by atoms with Gasteiger partial charge in [-0.3, -0.25) is 4.68 Å². The molecule has 0 radical (unpaired) electrons. The topological polar surface area (TPSA) is 41.6 Å². The zero-order valence-corrected chi connectivity index (χ0v) is 11.0. The third kappa shape index (κ3) is 3.15. The van der Waals surface area contributed by atoms with E-state index in [0.29, 0.717) is 6.42 Å². The van der Waals surface area contributed by atoms with E-state index < -0.39 is 35.2 Å². The number of hydrogen-bond acceptors (Lipinski definition) is 2. The van der Waals surface area contributed by atoms with E-state index >= 15 is 0 Å². The first-order valence-corrected chi connectivity index (χ1v) is 5.91. The van der Waals surface area contributed by atoms with Gasteiger partial charge in [0.2, 0.25) is 0 Å². The largest absolute Gasteiger partial charge is 0.459 e. The van der Waals surface area contributed by atoms with Crippen LogP contribution in [0.25, 0.3) is 0 Å². The third-order valence-corrected chi connectivity index (χ3v) is 2.72. The average molecular weight is 335 g/mol. The van der Waals surface area contributed by atoms with Crippen LogP contribution in [0.15, 0.2) is 0 Å². The lowest BCUT2D eigenvalue weighted by molar-refractivity contribution is -0.292. The van der Waals surface area contributed by atoms with Crippen LogP contribution in [-0.2, 0) is 18.6 Å². The third-order valence-electron chi connectivity index (χ3n) is 2.72. The Hall–Kier alpha value is -1.86. The molecule has 0 saturated carbocycles. The molecule has 1 heterocycles. The molecular formula is C11H9F8N3. The Morgan fingerprint density at radius 1 is 1.09 bits per heavy atom. The van der Waals surface area contributed by atoms with E-state index in [1.807, 2.05) is 0 Å². The highest BCUT2D eigenvalue weighted by Gasteiger charge is 2.64. The van der Waals surface area contributed by atoms with Crippen molar-refractivity contribution in [3.8, 4) is 6.07 Å². The Labute approximate surface area is 119 Å². The molecule has 0 aromatic carbocycles. The minimum atomic E-state index is -6.26. The van der Waals surface area contributed by atoms with Crippen molar-refractivity contribution in [2.24, 2.45) is 0 Å². The molecule has 0 saturated heterocycles. The van der Waals surface area contributed by atoms with Crippen LogP contribution in [-0.4, -0.2) is 16.0 Å². The number of hydrogen-bond donors (Lipinski definition) is 0. The summed E-state index contributed by atoms with van der Waals surface area (Å²) in [5.74, 6) is -5.82. The molecule has 1 aromatic rings.